The van der Waals surface area contributed by atoms with E-state index in [0.717, 1.165) is 16.4 Å². The summed E-state index contributed by atoms with van der Waals surface area (Å²) in [7, 11) is 0. The molecule has 0 radical (unpaired) electrons. The largest absolute Gasteiger partial charge is 0.447 e. The van der Waals surface area contributed by atoms with Crippen molar-refractivity contribution in [3.63, 3.8) is 0 Å². The highest BCUT2D eigenvalue weighted by atomic mass is 32.2. The lowest BCUT2D eigenvalue weighted by molar-refractivity contribution is 0.0360. The van der Waals surface area contributed by atoms with Crippen molar-refractivity contribution in [3.05, 3.63) is 65.7 Å². The number of hydrogen-bond donors (Lipinski definition) is 1. The first-order valence-corrected chi connectivity index (χ1v) is 10.7. The number of rotatable bonds is 8. The Kier molecular flexibility index (Phi) is 6.03. The van der Waals surface area contributed by atoms with Crippen molar-refractivity contribution >= 4 is 29.0 Å². The van der Waals surface area contributed by atoms with Crippen molar-refractivity contribution < 1.29 is 14.0 Å². The fraction of sp³-hybridized carbons (Fsp3) is 0.158. The van der Waals surface area contributed by atoms with Gasteiger partial charge in [-0.25, -0.2) is 10.5 Å². The van der Waals surface area contributed by atoms with E-state index in [1.165, 1.54) is 18.0 Å². The maximum absolute atomic E-state index is 11.9. The van der Waals surface area contributed by atoms with Crippen LogP contribution < -0.4 is 5.48 Å². The van der Waals surface area contributed by atoms with Crippen molar-refractivity contribution in [2.45, 2.75) is 17.8 Å². The zero-order chi connectivity index (χ0) is 20.1. The smallest absolute Gasteiger partial charge is 0.296 e. The Balaban J connectivity index is 1.55. The molecule has 0 aliphatic rings. The summed E-state index contributed by atoms with van der Waals surface area (Å²) in [6.45, 7) is 2.15. The SMILES string of the molecule is CCONC(=O)c1coc(CSc2nnc(-c3cccs3)n2-c2ccccc2)n1. The molecule has 0 fully saturated rings. The third-order valence-electron chi connectivity index (χ3n) is 3.81. The predicted octanol–water partition coefficient (Wildman–Crippen LogP) is 3.96. The van der Waals surface area contributed by atoms with Gasteiger partial charge >= 0.3 is 0 Å². The lowest BCUT2D eigenvalue weighted by Gasteiger charge is -2.08. The standard InChI is InChI=1S/C19H17N5O3S2/c1-2-27-23-18(25)14-11-26-16(20-14)12-29-19-22-21-17(15-9-6-10-28-15)24(19)13-7-4-3-5-8-13/h3-11H,2,12H2,1H3,(H,23,25). The molecule has 1 N–H and O–H groups in total. The minimum atomic E-state index is -0.445. The fourth-order valence-corrected chi connectivity index (χ4v) is 4.04. The van der Waals surface area contributed by atoms with Crippen LogP contribution in [0, 0.1) is 0 Å². The Morgan fingerprint density at radius 1 is 1.24 bits per heavy atom. The zero-order valence-corrected chi connectivity index (χ0v) is 17.1. The number of amides is 1. The second-order valence-corrected chi connectivity index (χ2v) is 7.62. The molecule has 1 aromatic carbocycles. The fourth-order valence-electron chi connectivity index (χ4n) is 2.54. The van der Waals surface area contributed by atoms with Gasteiger partial charge in [-0.3, -0.25) is 14.2 Å². The van der Waals surface area contributed by atoms with Crippen LogP contribution in [-0.4, -0.2) is 32.3 Å². The minimum absolute atomic E-state index is 0.165. The molecular formula is C19H17N5O3S2. The molecule has 0 unspecified atom stereocenters. The molecule has 1 amide bonds. The van der Waals surface area contributed by atoms with Crippen LogP contribution in [0.3, 0.4) is 0 Å². The van der Waals surface area contributed by atoms with E-state index < -0.39 is 5.91 Å². The number of thioether (sulfide) groups is 1. The third-order valence-corrected chi connectivity index (χ3v) is 5.59. The molecule has 3 aromatic heterocycles. The molecule has 0 saturated heterocycles. The molecular weight excluding hydrogens is 410 g/mol. The molecule has 0 aliphatic carbocycles. The average molecular weight is 428 g/mol. The molecule has 0 atom stereocenters. The number of carbonyl (C=O) groups is 1. The van der Waals surface area contributed by atoms with Crippen molar-refractivity contribution in [3.8, 4) is 16.4 Å². The molecule has 8 nitrogen and oxygen atoms in total. The van der Waals surface area contributed by atoms with Gasteiger partial charge in [-0.15, -0.1) is 21.5 Å². The van der Waals surface area contributed by atoms with Crippen molar-refractivity contribution in [2.24, 2.45) is 0 Å². The van der Waals surface area contributed by atoms with Gasteiger partial charge in [0.25, 0.3) is 5.91 Å². The summed E-state index contributed by atoms with van der Waals surface area (Å²) >= 11 is 3.04. The van der Waals surface area contributed by atoms with Crippen LogP contribution in [0.5, 0.6) is 0 Å². The molecule has 4 rings (SSSR count). The number of hydrogen-bond acceptors (Lipinski definition) is 8. The van der Waals surface area contributed by atoms with Crippen molar-refractivity contribution in [1.29, 1.82) is 0 Å². The Morgan fingerprint density at radius 2 is 2.10 bits per heavy atom. The second kappa shape index (κ2) is 9.03. The molecule has 10 heteroatoms. The Bertz CT molecular complexity index is 1080. The minimum Gasteiger partial charge on any atom is -0.447 e. The Labute approximate surface area is 174 Å². The quantitative estimate of drug-likeness (QED) is 0.336. The first-order chi connectivity index (χ1) is 14.3. The predicted molar refractivity (Wildman–Crippen MR) is 110 cm³/mol. The van der Waals surface area contributed by atoms with Crippen molar-refractivity contribution in [2.75, 3.05) is 6.61 Å². The van der Waals surface area contributed by atoms with E-state index in [2.05, 4.69) is 20.7 Å². The average Bonchev–Trinajstić information content (AvgIpc) is 3.51. The first-order valence-electron chi connectivity index (χ1n) is 8.80. The number of aromatic nitrogens is 4. The van der Waals surface area contributed by atoms with Crippen molar-refractivity contribution in [1.82, 2.24) is 25.2 Å². The van der Waals surface area contributed by atoms with Gasteiger partial charge in [0.05, 0.1) is 17.2 Å². The summed E-state index contributed by atoms with van der Waals surface area (Å²) in [6, 6.07) is 13.9. The number of carbonyl (C=O) groups excluding carboxylic acids is 1. The normalized spacial score (nSPS) is 10.9. The Morgan fingerprint density at radius 3 is 2.86 bits per heavy atom. The van der Waals surface area contributed by atoms with Crippen LogP contribution in [0.4, 0.5) is 0 Å². The van der Waals surface area contributed by atoms with Gasteiger partial charge in [0.1, 0.15) is 6.26 Å². The number of benzene rings is 1. The zero-order valence-electron chi connectivity index (χ0n) is 15.4. The van der Waals surface area contributed by atoms with Gasteiger partial charge in [0.15, 0.2) is 16.7 Å². The van der Waals surface area contributed by atoms with E-state index in [0.29, 0.717) is 23.4 Å². The van der Waals surface area contributed by atoms with E-state index in [-0.39, 0.29) is 5.69 Å². The van der Waals surface area contributed by atoms with Gasteiger partial charge in [-0.05, 0) is 30.5 Å². The Hall–Kier alpha value is -2.95. The molecule has 0 bridgehead atoms. The lowest BCUT2D eigenvalue weighted by Crippen LogP contribution is -2.23. The summed E-state index contributed by atoms with van der Waals surface area (Å²) in [5.74, 6) is 1.14. The first kappa shape index (κ1) is 19.4. The van der Waals surface area contributed by atoms with Gasteiger partial charge in [-0.2, -0.15) is 0 Å². The molecule has 148 valence electrons. The van der Waals surface area contributed by atoms with Crippen LogP contribution in [-0.2, 0) is 10.6 Å². The summed E-state index contributed by atoms with van der Waals surface area (Å²) in [4.78, 5) is 22.0. The van der Waals surface area contributed by atoms with E-state index in [4.69, 9.17) is 9.25 Å². The van der Waals surface area contributed by atoms with E-state index in [1.54, 1.807) is 18.3 Å². The van der Waals surface area contributed by atoms with Crippen LogP contribution in [0.15, 0.2) is 63.7 Å². The summed E-state index contributed by atoms with van der Waals surface area (Å²) < 4.78 is 7.41. The van der Waals surface area contributed by atoms with E-state index in [1.807, 2.05) is 52.4 Å². The number of para-hydroxylation sites is 1. The topological polar surface area (TPSA) is 95.1 Å². The molecule has 0 aliphatic heterocycles. The number of nitrogens with zero attached hydrogens (tertiary/aromatic N) is 4. The summed E-state index contributed by atoms with van der Waals surface area (Å²) in [6.07, 6.45) is 1.31. The third kappa shape index (κ3) is 4.39. The van der Waals surface area contributed by atoms with Crippen LogP contribution >= 0.6 is 23.1 Å². The number of oxazole rings is 1. The maximum Gasteiger partial charge on any atom is 0.296 e. The van der Waals surface area contributed by atoms with E-state index >= 15 is 0 Å². The summed E-state index contributed by atoms with van der Waals surface area (Å²) in [5.41, 5.74) is 3.42. The highest BCUT2D eigenvalue weighted by molar-refractivity contribution is 7.98. The number of thiophene rings is 1. The molecule has 0 spiro atoms. The van der Waals surface area contributed by atoms with E-state index in [9.17, 15) is 4.79 Å². The highest BCUT2D eigenvalue weighted by Gasteiger charge is 2.18. The van der Waals surface area contributed by atoms with Crippen LogP contribution in [0.25, 0.3) is 16.4 Å². The van der Waals surface area contributed by atoms with Crippen LogP contribution in [0.2, 0.25) is 0 Å². The molecule has 4 aromatic rings. The number of hydroxylamine groups is 1. The molecule has 3 heterocycles. The van der Waals surface area contributed by atoms with Gasteiger partial charge in [0, 0.05) is 5.69 Å². The highest BCUT2D eigenvalue weighted by Crippen LogP contribution is 2.31. The lowest BCUT2D eigenvalue weighted by atomic mass is 10.3. The van der Waals surface area contributed by atoms with Crippen LogP contribution in [0.1, 0.15) is 23.3 Å². The molecule has 29 heavy (non-hydrogen) atoms. The van der Waals surface area contributed by atoms with Gasteiger partial charge in [0.2, 0.25) is 5.89 Å². The number of nitrogens with one attached hydrogen (secondary N) is 1. The maximum atomic E-state index is 11.9. The molecule has 0 saturated carbocycles. The summed E-state index contributed by atoms with van der Waals surface area (Å²) in [5, 5.41) is 11.5. The van der Waals surface area contributed by atoms with Gasteiger partial charge < -0.3 is 4.42 Å². The second-order valence-electron chi connectivity index (χ2n) is 5.73. The monoisotopic (exact) mass is 427 g/mol. The van der Waals surface area contributed by atoms with Gasteiger partial charge in [-0.1, -0.05) is 36.0 Å².